The summed E-state index contributed by atoms with van der Waals surface area (Å²) in [6, 6.07) is 0. The van der Waals surface area contributed by atoms with E-state index >= 15 is 0 Å². The Balaban J connectivity index is 3.64. The van der Waals surface area contributed by atoms with Gasteiger partial charge in [0, 0.05) is 7.11 Å². The van der Waals surface area contributed by atoms with Crippen LogP contribution in [0.2, 0.25) is 0 Å². The summed E-state index contributed by atoms with van der Waals surface area (Å²) in [7, 11) is 1.53. The molecule has 1 unspecified atom stereocenters. The molecule has 12 heavy (non-hydrogen) atoms. The van der Waals surface area contributed by atoms with E-state index in [1.54, 1.807) is 6.92 Å². The Bertz CT molecular complexity index is 164. The van der Waals surface area contributed by atoms with Crippen molar-refractivity contribution in [3.05, 3.63) is 12.2 Å². The molecular weight excluding hydrogens is 160 g/mol. The second kappa shape index (κ2) is 5.74. The maximum absolute atomic E-state index is 10.9. The third-order valence-electron chi connectivity index (χ3n) is 1.33. The monoisotopic (exact) mass is 174 g/mol. The highest BCUT2D eigenvalue weighted by atomic mass is 16.6. The Hall–Kier alpha value is -0.870. The molecule has 0 aromatic heterocycles. The Labute approximate surface area is 71.8 Å². The van der Waals surface area contributed by atoms with Crippen LogP contribution in [0.3, 0.4) is 0 Å². The minimum Gasteiger partial charge on any atom is -0.460 e. The number of carbonyl (C=O) groups is 1. The van der Waals surface area contributed by atoms with E-state index in [1.807, 2.05) is 0 Å². The van der Waals surface area contributed by atoms with Crippen LogP contribution in [0.1, 0.15) is 6.92 Å². The van der Waals surface area contributed by atoms with Crippen molar-refractivity contribution in [2.45, 2.75) is 13.0 Å². The van der Waals surface area contributed by atoms with E-state index in [2.05, 4.69) is 6.58 Å². The van der Waals surface area contributed by atoms with Crippen LogP contribution in [0.15, 0.2) is 12.2 Å². The molecule has 70 valence electrons. The minimum atomic E-state index is -0.582. The van der Waals surface area contributed by atoms with Crippen LogP contribution in [0.4, 0.5) is 0 Å². The van der Waals surface area contributed by atoms with Gasteiger partial charge in [-0.15, -0.1) is 0 Å². The van der Waals surface area contributed by atoms with Gasteiger partial charge in [-0.1, -0.05) is 6.58 Å². The molecule has 1 atom stereocenters. The predicted molar refractivity (Wildman–Crippen MR) is 43.7 cm³/mol. The highest BCUT2D eigenvalue weighted by Gasteiger charge is 2.08. The van der Waals surface area contributed by atoms with Crippen LogP contribution >= 0.6 is 0 Å². The van der Waals surface area contributed by atoms with Gasteiger partial charge in [-0.25, -0.2) is 4.79 Å². The zero-order chi connectivity index (χ0) is 9.56. The zero-order valence-electron chi connectivity index (χ0n) is 7.37. The van der Waals surface area contributed by atoms with Gasteiger partial charge in [-0.2, -0.15) is 0 Å². The van der Waals surface area contributed by atoms with Gasteiger partial charge in [0.25, 0.3) is 0 Å². The number of aliphatic hydroxyl groups excluding tert-OH is 1. The highest BCUT2D eigenvalue weighted by molar-refractivity contribution is 5.87. The molecule has 0 saturated carbocycles. The number of aliphatic hydroxyl groups is 1. The number of esters is 1. The van der Waals surface area contributed by atoms with Gasteiger partial charge in [0.15, 0.2) is 0 Å². The predicted octanol–water partition coefficient (Wildman–Crippen LogP) is 0.113. The summed E-state index contributed by atoms with van der Waals surface area (Å²) in [6.45, 7) is 4.88. The van der Waals surface area contributed by atoms with Gasteiger partial charge >= 0.3 is 5.97 Å². The smallest absolute Gasteiger partial charge is 0.335 e. The van der Waals surface area contributed by atoms with Crippen LogP contribution in [0.25, 0.3) is 0 Å². The van der Waals surface area contributed by atoms with Crippen LogP contribution in [0.5, 0.6) is 0 Å². The van der Waals surface area contributed by atoms with E-state index in [-0.39, 0.29) is 24.9 Å². The maximum atomic E-state index is 10.9. The van der Waals surface area contributed by atoms with E-state index in [4.69, 9.17) is 14.6 Å². The molecule has 0 aromatic rings. The second-order valence-corrected chi connectivity index (χ2v) is 2.41. The van der Waals surface area contributed by atoms with Crippen molar-refractivity contribution in [3.8, 4) is 0 Å². The lowest BCUT2D eigenvalue weighted by Gasteiger charge is -2.09. The Morgan fingerprint density at radius 1 is 1.67 bits per heavy atom. The van der Waals surface area contributed by atoms with E-state index in [9.17, 15) is 4.79 Å². The van der Waals surface area contributed by atoms with Crippen molar-refractivity contribution in [2.24, 2.45) is 0 Å². The quantitative estimate of drug-likeness (QED) is 0.475. The molecule has 0 spiro atoms. The standard InChI is InChI=1S/C8H14O4/c1-6(4-9)8(10)12-5-7(2)11-3/h7,9H,1,4-5H2,2-3H3. The van der Waals surface area contributed by atoms with Gasteiger partial charge < -0.3 is 14.6 Å². The first kappa shape index (κ1) is 11.1. The number of carbonyl (C=O) groups excluding carboxylic acids is 1. The first-order chi connectivity index (χ1) is 5.61. The fraction of sp³-hybridized carbons (Fsp3) is 0.625. The lowest BCUT2D eigenvalue weighted by molar-refractivity contribution is -0.142. The number of hydrogen-bond acceptors (Lipinski definition) is 4. The fourth-order valence-electron chi connectivity index (χ4n) is 0.428. The molecule has 0 aliphatic carbocycles. The third-order valence-corrected chi connectivity index (χ3v) is 1.33. The first-order valence-electron chi connectivity index (χ1n) is 3.60. The Kier molecular flexibility index (Phi) is 5.32. The second-order valence-electron chi connectivity index (χ2n) is 2.41. The van der Waals surface area contributed by atoms with E-state index in [0.717, 1.165) is 0 Å². The molecule has 0 fully saturated rings. The van der Waals surface area contributed by atoms with Crippen molar-refractivity contribution < 1.29 is 19.4 Å². The average molecular weight is 174 g/mol. The lowest BCUT2D eigenvalue weighted by atomic mass is 10.3. The molecule has 4 heteroatoms. The van der Waals surface area contributed by atoms with Crippen LogP contribution in [0, 0.1) is 0 Å². The van der Waals surface area contributed by atoms with Gasteiger partial charge in [0.1, 0.15) is 6.61 Å². The van der Waals surface area contributed by atoms with Crippen LogP contribution in [-0.2, 0) is 14.3 Å². The molecule has 4 nitrogen and oxygen atoms in total. The molecule has 0 aliphatic rings. The maximum Gasteiger partial charge on any atom is 0.335 e. The van der Waals surface area contributed by atoms with Crippen molar-refractivity contribution in [2.75, 3.05) is 20.3 Å². The van der Waals surface area contributed by atoms with Crippen LogP contribution in [-0.4, -0.2) is 37.5 Å². The Morgan fingerprint density at radius 3 is 2.67 bits per heavy atom. The summed E-state index contributed by atoms with van der Waals surface area (Å²) >= 11 is 0. The summed E-state index contributed by atoms with van der Waals surface area (Å²) < 4.78 is 9.57. The molecule has 0 saturated heterocycles. The molecule has 0 bridgehead atoms. The van der Waals surface area contributed by atoms with E-state index in [0.29, 0.717) is 0 Å². The number of rotatable bonds is 5. The summed E-state index contributed by atoms with van der Waals surface area (Å²) in [5.41, 5.74) is 0.0540. The van der Waals surface area contributed by atoms with Crippen molar-refractivity contribution >= 4 is 5.97 Å². The highest BCUT2D eigenvalue weighted by Crippen LogP contribution is 1.95. The molecule has 0 aromatic carbocycles. The number of hydrogen-bond donors (Lipinski definition) is 1. The first-order valence-corrected chi connectivity index (χ1v) is 3.60. The fourth-order valence-corrected chi connectivity index (χ4v) is 0.428. The van der Waals surface area contributed by atoms with Gasteiger partial charge in [0.2, 0.25) is 0 Å². The van der Waals surface area contributed by atoms with Crippen molar-refractivity contribution in [1.29, 1.82) is 0 Å². The lowest BCUT2D eigenvalue weighted by Crippen LogP contribution is -2.19. The largest absolute Gasteiger partial charge is 0.460 e. The molecule has 0 radical (unpaired) electrons. The third kappa shape index (κ3) is 4.10. The van der Waals surface area contributed by atoms with E-state index < -0.39 is 5.97 Å². The molecule has 1 N–H and O–H groups in total. The number of methoxy groups -OCH3 is 1. The molecular formula is C8H14O4. The number of ether oxygens (including phenoxy) is 2. The summed E-state index contributed by atoms with van der Waals surface area (Å²) in [6.07, 6.45) is -0.138. The van der Waals surface area contributed by atoms with Gasteiger partial charge in [-0.05, 0) is 6.92 Å². The summed E-state index contributed by atoms with van der Waals surface area (Å²) in [4.78, 5) is 10.9. The van der Waals surface area contributed by atoms with Crippen LogP contribution < -0.4 is 0 Å². The van der Waals surface area contributed by atoms with Crippen molar-refractivity contribution in [1.82, 2.24) is 0 Å². The zero-order valence-corrected chi connectivity index (χ0v) is 7.37. The van der Waals surface area contributed by atoms with Gasteiger partial charge in [-0.3, -0.25) is 0 Å². The van der Waals surface area contributed by atoms with Crippen molar-refractivity contribution in [3.63, 3.8) is 0 Å². The van der Waals surface area contributed by atoms with E-state index in [1.165, 1.54) is 7.11 Å². The van der Waals surface area contributed by atoms with Gasteiger partial charge in [0.05, 0.1) is 18.3 Å². The topological polar surface area (TPSA) is 55.8 Å². The normalized spacial score (nSPS) is 12.2. The Morgan fingerprint density at radius 2 is 2.25 bits per heavy atom. The summed E-state index contributed by atoms with van der Waals surface area (Å²) in [5, 5.41) is 8.50. The molecule has 0 rings (SSSR count). The average Bonchev–Trinajstić information content (AvgIpc) is 2.11. The molecule has 0 amide bonds. The SMILES string of the molecule is C=C(CO)C(=O)OCC(C)OC. The molecule has 0 aliphatic heterocycles. The molecule has 0 heterocycles. The minimum absolute atomic E-state index is 0.0540. The summed E-state index contributed by atoms with van der Waals surface area (Å²) in [5.74, 6) is -0.582.